The number of para-hydroxylation sites is 1. The fourth-order valence-corrected chi connectivity index (χ4v) is 5.13. The highest BCUT2D eigenvalue weighted by atomic mass is 32.1. The number of likely N-dealkylation sites (tertiary alicyclic amines) is 1. The first-order chi connectivity index (χ1) is 13.7. The Morgan fingerprint density at radius 3 is 2.79 bits per heavy atom. The van der Waals surface area contributed by atoms with Gasteiger partial charge in [0.15, 0.2) is 0 Å². The zero-order valence-corrected chi connectivity index (χ0v) is 16.5. The molecule has 2 aliphatic heterocycles. The molecule has 8 heteroatoms. The molecule has 0 radical (unpaired) electrons. The second-order valence-corrected chi connectivity index (χ2v) is 8.59. The minimum absolute atomic E-state index is 0.196. The van der Waals surface area contributed by atoms with Crippen LogP contribution in [0.3, 0.4) is 0 Å². The second-order valence-electron chi connectivity index (χ2n) is 7.65. The quantitative estimate of drug-likeness (QED) is 0.736. The van der Waals surface area contributed by atoms with E-state index in [2.05, 4.69) is 32.3 Å². The van der Waals surface area contributed by atoms with Crippen molar-refractivity contribution in [1.29, 1.82) is 0 Å². The van der Waals surface area contributed by atoms with Gasteiger partial charge in [0, 0.05) is 43.2 Å². The number of carbonyl (C=O) groups excluding carboxylic acids is 1. The Bertz CT molecular complexity index is 997. The monoisotopic (exact) mass is 394 g/mol. The van der Waals surface area contributed by atoms with E-state index < -0.39 is 0 Å². The van der Waals surface area contributed by atoms with Crippen LogP contribution in [0.2, 0.25) is 0 Å². The molecule has 144 valence electrons. The summed E-state index contributed by atoms with van der Waals surface area (Å²) in [6.07, 6.45) is 0.883. The van der Waals surface area contributed by atoms with E-state index in [0.717, 1.165) is 49.8 Å². The third-order valence-electron chi connectivity index (χ3n) is 5.79. The summed E-state index contributed by atoms with van der Waals surface area (Å²) >= 11 is 1.73. The first kappa shape index (κ1) is 17.5. The van der Waals surface area contributed by atoms with E-state index in [1.165, 1.54) is 4.88 Å². The van der Waals surface area contributed by atoms with Crippen LogP contribution in [0.4, 0.5) is 5.69 Å². The number of rotatable bonds is 4. The molecule has 3 aromatic rings. The molecule has 0 aliphatic carbocycles. The Morgan fingerprint density at radius 1 is 1.18 bits per heavy atom. The number of aromatic nitrogens is 4. The van der Waals surface area contributed by atoms with Crippen LogP contribution in [0.25, 0.3) is 0 Å². The van der Waals surface area contributed by atoms with Gasteiger partial charge in [-0.15, -0.1) is 21.5 Å². The van der Waals surface area contributed by atoms with Gasteiger partial charge in [0.25, 0.3) is 5.91 Å². The molecule has 2 unspecified atom stereocenters. The van der Waals surface area contributed by atoms with E-state index in [1.807, 2.05) is 40.4 Å². The van der Waals surface area contributed by atoms with Crippen LogP contribution in [0.15, 0.2) is 35.8 Å². The fourth-order valence-electron chi connectivity index (χ4n) is 4.31. The molecule has 2 aromatic heterocycles. The molecule has 0 saturated carbocycles. The van der Waals surface area contributed by atoms with Gasteiger partial charge in [0.05, 0.1) is 11.2 Å². The standard InChI is InChI=1S/C20H22N6OS/c1-13-17(28-12-21-13)11-25-8-14-7-18-23-24-19(26(18)10-15(14)9-25)20(27)22-16-5-3-2-4-6-16/h2-6,12,14-15H,7-11H2,1H3,(H,22,27). The van der Waals surface area contributed by atoms with Crippen molar-refractivity contribution in [2.75, 3.05) is 18.4 Å². The molecule has 0 spiro atoms. The first-order valence-electron chi connectivity index (χ1n) is 9.57. The van der Waals surface area contributed by atoms with Gasteiger partial charge in [-0.25, -0.2) is 4.98 Å². The van der Waals surface area contributed by atoms with Gasteiger partial charge < -0.3 is 9.88 Å². The van der Waals surface area contributed by atoms with Gasteiger partial charge in [0.2, 0.25) is 5.82 Å². The molecule has 5 rings (SSSR count). The van der Waals surface area contributed by atoms with Crippen molar-refractivity contribution in [1.82, 2.24) is 24.6 Å². The van der Waals surface area contributed by atoms with E-state index in [0.29, 0.717) is 17.7 Å². The normalized spacial score (nSPS) is 21.3. The molecule has 2 atom stereocenters. The number of fused-ring (bicyclic) bond motifs is 2. The Hall–Kier alpha value is -2.58. The Balaban J connectivity index is 1.29. The maximum absolute atomic E-state index is 12.7. The molecule has 1 aromatic carbocycles. The lowest BCUT2D eigenvalue weighted by Gasteiger charge is -2.25. The summed E-state index contributed by atoms with van der Waals surface area (Å²) in [6.45, 7) is 5.96. The van der Waals surface area contributed by atoms with Crippen LogP contribution in [0, 0.1) is 18.8 Å². The summed E-state index contributed by atoms with van der Waals surface area (Å²) < 4.78 is 2.01. The second kappa shape index (κ2) is 7.10. The van der Waals surface area contributed by atoms with E-state index in [4.69, 9.17) is 0 Å². The van der Waals surface area contributed by atoms with E-state index in [9.17, 15) is 4.79 Å². The molecule has 1 amide bonds. The number of carbonyl (C=O) groups is 1. The lowest BCUT2D eigenvalue weighted by atomic mass is 9.89. The number of anilines is 1. The van der Waals surface area contributed by atoms with Crippen LogP contribution in [-0.2, 0) is 19.5 Å². The summed E-state index contributed by atoms with van der Waals surface area (Å²) in [5.74, 6) is 2.25. The average molecular weight is 395 g/mol. The average Bonchev–Trinajstić information content (AvgIpc) is 3.39. The smallest absolute Gasteiger partial charge is 0.293 e. The third kappa shape index (κ3) is 3.22. The van der Waals surface area contributed by atoms with Crippen LogP contribution >= 0.6 is 11.3 Å². The van der Waals surface area contributed by atoms with E-state index >= 15 is 0 Å². The van der Waals surface area contributed by atoms with Crippen LogP contribution in [0.5, 0.6) is 0 Å². The predicted molar refractivity (Wildman–Crippen MR) is 107 cm³/mol. The molecule has 1 fully saturated rings. The lowest BCUT2D eigenvalue weighted by Crippen LogP contribution is -2.31. The Labute approximate surface area is 167 Å². The van der Waals surface area contributed by atoms with Gasteiger partial charge in [0.1, 0.15) is 5.82 Å². The molecule has 1 N–H and O–H groups in total. The Morgan fingerprint density at radius 2 is 2.00 bits per heavy atom. The highest BCUT2D eigenvalue weighted by Crippen LogP contribution is 2.34. The summed E-state index contributed by atoms with van der Waals surface area (Å²) in [5, 5.41) is 11.4. The molecule has 2 aliphatic rings. The van der Waals surface area contributed by atoms with Crippen LogP contribution < -0.4 is 5.32 Å². The number of aryl methyl sites for hydroxylation is 1. The number of thiazole rings is 1. The van der Waals surface area contributed by atoms with Crippen molar-refractivity contribution in [3.63, 3.8) is 0 Å². The van der Waals surface area contributed by atoms with Gasteiger partial charge in [-0.05, 0) is 30.9 Å². The van der Waals surface area contributed by atoms with Crippen molar-refractivity contribution in [2.45, 2.75) is 26.4 Å². The minimum atomic E-state index is -0.196. The van der Waals surface area contributed by atoms with Gasteiger partial charge in [-0.3, -0.25) is 9.69 Å². The minimum Gasteiger partial charge on any atom is -0.319 e. The molecule has 1 saturated heterocycles. The number of hydrogen-bond donors (Lipinski definition) is 1. The maximum Gasteiger partial charge on any atom is 0.293 e. The lowest BCUT2D eigenvalue weighted by molar-refractivity contribution is 0.100. The summed E-state index contributed by atoms with van der Waals surface area (Å²) in [4.78, 5) is 20.9. The fraction of sp³-hybridized carbons (Fsp3) is 0.400. The zero-order chi connectivity index (χ0) is 19.1. The molecule has 7 nitrogen and oxygen atoms in total. The van der Waals surface area contributed by atoms with E-state index in [1.54, 1.807) is 11.3 Å². The number of amides is 1. The number of hydrogen-bond acceptors (Lipinski definition) is 6. The van der Waals surface area contributed by atoms with E-state index in [-0.39, 0.29) is 5.91 Å². The SMILES string of the molecule is Cc1ncsc1CN1CC2Cc3nnc(C(=O)Nc4ccccc4)n3CC2C1. The number of nitrogens with one attached hydrogen (secondary N) is 1. The van der Waals surface area contributed by atoms with Gasteiger partial charge in [-0.2, -0.15) is 0 Å². The summed E-state index contributed by atoms with van der Waals surface area (Å²) in [6, 6.07) is 9.47. The Kier molecular flexibility index (Phi) is 4.44. The van der Waals surface area contributed by atoms with Crippen molar-refractivity contribution in [2.24, 2.45) is 11.8 Å². The van der Waals surface area contributed by atoms with Crippen LogP contribution in [0.1, 0.15) is 27.0 Å². The molecule has 0 bridgehead atoms. The van der Waals surface area contributed by atoms with Crippen molar-refractivity contribution >= 4 is 22.9 Å². The van der Waals surface area contributed by atoms with Gasteiger partial charge >= 0.3 is 0 Å². The number of benzene rings is 1. The van der Waals surface area contributed by atoms with Crippen molar-refractivity contribution in [3.05, 3.63) is 58.1 Å². The topological polar surface area (TPSA) is 75.9 Å². The largest absolute Gasteiger partial charge is 0.319 e. The van der Waals surface area contributed by atoms with Crippen molar-refractivity contribution < 1.29 is 4.79 Å². The highest BCUT2D eigenvalue weighted by molar-refractivity contribution is 7.09. The number of nitrogens with zero attached hydrogens (tertiary/aromatic N) is 5. The first-order valence-corrected chi connectivity index (χ1v) is 10.4. The van der Waals surface area contributed by atoms with Crippen LogP contribution in [-0.4, -0.2) is 43.6 Å². The summed E-state index contributed by atoms with van der Waals surface area (Å²) in [7, 11) is 0. The predicted octanol–water partition coefficient (Wildman–Crippen LogP) is 2.60. The highest BCUT2D eigenvalue weighted by Gasteiger charge is 2.39. The zero-order valence-electron chi connectivity index (χ0n) is 15.7. The van der Waals surface area contributed by atoms with Crippen molar-refractivity contribution in [3.8, 4) is 0 Å². The molecular formula is C20H22N6OS. The third-order valence-corrected chi connectivity index (χ3v) is 6.71. The molecule has 4 heterocycles. The molecule has 28 heavy (non-hydrogen) atoms. The maximum atomic E-state index is 12.7. The summed E-state index contributed by atoms with van der Waals surface area (Å²) in [5.41, 5.74) is 3.83. The van der Waals surface area contributed by atoms with Gasteiger partial charge in [-0.1, -0.05) is 18.2 Å². The molecular weight excluding hydrogens is 372 g/mol.